The summed E-state index contributed by atoms with van der Waals surface area (Å²) in [7, 11) is -1.30. The maximum absolute atomic E-state index is 13.8. The van der Waals surface area contributed by atoms with Crippen LogP contribution in [0.3, 0.4) is 0 Å². The molecule has 2 saturated heterocycles. The summed E-state index contributed by atoms with van der Waals surface area (Å²) in [5.41, 5.74) is 2.50. The first-order valence-corrected chi connectivity index (χ1v) is 12.9. The van der Waals surface area contributed by atoms with E-state index in [9.17, 15) is 19.7 Å². The highest BCUT2D eigenvalue weighted by Crippen LogP contribution is 2.52. The number of para-hydroxylation sites is 2. The molecule has 0 radical (unpaired) electrons. The zero-order valence-electron chi connectivity index (χ0n) is 20.4. The summed E-state index contributed by atoms with van der Waals surface area (Å²) in [6.45, 7) is 0.164. The predicted octanol–water partition coefficient (Wildman–Crippen LogP) is 4.73. The molecule has 192 valence electrons. The molecular weight excluding hydrogens is 505 g/mol. The molecule has 2 amide bonds. The summed E-state index contributed by atoms with van der Waals surface area (Å²) >= 11 is 6.42. The molecule has 6 rings (SSSR count). The lowest BCUT2D eigenvalue weighted by molar-refractivity contribution is -0.123. The lowest BCUT2D eigenvalue weighted by atomic mass is 9.55. The Bertz CT molecular complexity index is 1420. The number of phenols is 1. The van der Waals surface area contributed by atoms with E-state index in [2.05, 4.69) is 0 Å². The Balaban J connectivity index is 1.39. The molecule has 3 aliphatic rings. The van der Waals surface area contributed by atoms with Gasteiger partial charge in [0, 0.05) is 5.02 Å². The maximum Gasteiger partial charge on any atom is 0.487 e. The number of allylic oxidation sites excluding steroid dienone is 1. The number of amides is 2. The van der Waals surface area contributed by atoms with Crippen LogP contribution in [-0.2, 0) is 14.2 Å². The van der Waals surface area contributed by atoms with Crippen molar-refractivity contribution in [1.82, 2.24) is 0 Å². The maximum atomic E-state index is 13.8. The minimum Gasteiger partial charge on any atom is -0.508 e. The van der Waals surface area contributed by atoms with Crippen molar-refractivity contribution in [3.63, 3.8) is 0 Å². The molecule has 38 heavy (non-hydrogen) atoms. The molecule has 7 nitrogen and oxygen atoms in total. The zero-order chi connectivity index (χ0) is 26.4. The highest BCUT2D eigenvalue weighted by Gasteiger charge is 2.58. The van der Waals surface area contributed by atoms with E-state index in [4.69, 9.17) is 21.0 Å². The SMILES string of the molecule is O=C1[C@H]2[C@H](CC(COc3ccccc3)=C3B(O)O[C@H](c4ccc(O)cc4Cl)C[C@H]32)C(=O)N1c1ccccc1. The monoisotopic (exact) mass is 529 g/mol. The van der Waals surface area contributed by atoms with Crippen LogP contribution in [0.1, 0.15) is 24.5 Å². The molecule has 4 atom stereocenters. The van der Waals surface area contributed by atoms with Gasteiger partial charge in [-0.1, -0.05) is 54.1 Å². The number of ether oxygens (including phenoxy) is 1. The lowest BCUT2D eigenvalue weighted by Crippen LogP contribution is -2.45. The van der Waals surface area contributed by atoms with Crippen LogP contribution in [0.4, 0.5) is 5.69 Å². The third-order valence-corrected chi connectivity index (χ3v) is 8.04. The molecule has 2 heterocycles. The topological polar surface area (TPSA) is 96.3 Å². The Morgan fingerprint density at radius 1 is 0.974 bits per heavy atom. The minimum absolute atomic E-state index is 0.0174. The number of aromatic hydroxyl groups is 1. The van der Waals surface area contributed by atoms with Gasteiger partial charge in [0.25, 0.3) is 0 Å². The highest BCUT2D eigenvalue weighted by atomic mass is 35.5. The first kappa shape index (κ1) is 24.7. The number of carbonyl (C=O) groups is 2. The van der Waals surface area contributed by atoms with Gasteiger partial charge >= 0.3 is 7.12 Å². The molecule has 0 spiro atoms. The fourth-order valence-corrected chi connectivity index (χ4v) is 6.34. The van der Waals surface area contributed by atoms with Crippen molar-refractivity contribution in [3.05, 3.63) is 100 Å². The molecule has 2 aliphatic heterocycles. The number of rotatable bonds is 5. The van der Waals surface area contributed by atoms with Crippen LogP contribution in [0.5, 0.6) is 11.5 Å². The number of halogens is 1. The molecule has 0 saturated carbocycles. The average molecular weight is 530 g/mol. The predicted molar refractivity (Wildman–Crippen MR) is 143 cm³/mol. The van der Waals surface area contributed by atoms with Crippen LogP contribution in [0.15, 0.2) is 89.9 Å². The van der Waals surface area contributed by atoms with Gasteiger partial charge in [0.2, 0.25) is 11.8 Å². The second-order valence-corrected chi connectivity index (χ2v) is 10.3. The number of imide groups is 1. The summed E-state index contributed by atoms with van der Waals surface area (Å²) in [4.78, 5) is 28.8. The second-order valence-electron chi connectivity index (χ2n) is 9.87. The number of hydrogen-bond acceptors (Lipinski definition) is 6. The number of phenolic OH excluding ortho intramolecular Hbond substituents is 1. The van der Waals surface area contributed by atoms with Crippen LogP contribution in [0, 0.1) is 17.8 Å². The quantitative estimate of drug-likeness (QED) is 0.366. The van der Waals surface area contributed by atoms with E-state index in [0.717, 1.165) is 5.57 Å². The van der Waals surface area contributed by atoms with Crippen molar-refractivity contribution in [2.75, 3.05) is 11.5 Å². The van der Waals surface area contributed by atoms with Crippen molar-refractivity contribution in [2.24, 2.45) is 17.8 Å². The molecule has 0 unspecified atom stereocenters. The Morgan fingerprint density at radius 3 is 2.39 bits per heavy atom. The number of anilines is 1. The first-order chi connectivity index (χ1) is 18.4. The van der Waals surface area contributed by atoms with Crippen molar-refractivity contribution >= 4 is 36.2 Å². The molecule has 2 fully saturated rings. The van der Waals surface area contributed by atoms with Crippen LogP contribution in [0.25, 0.3) is 0 Å². The molecule has 0 aromatic heterocycles. The summed E-state index contributed by atoms with van der Waals surface area (Å²) < 4.78 is 12.1. The van der Waals surface area contributed by atoms with E-state index in [-0.39, 0.29) is 24.2 Å². The van der Waals surface area contributed by atoms with Gasteiger partial charge in [-0.2, -0.15) is 0 Å². The zero-order valence-corrected chi connectivity index (χ0v) is 21.1. The summed E-state index contributed by atoms with van der Waals surface area (Å²) in [6, 6.07) is 22.8. The summed E-state index contributed by atoms with van der Waals surface area (Å²) in [5.74, 6) is -1.51. The number of fused-ring (bicyclic) bond motifs is 3. The van der Waals surface area contributed by atoms with E-state index in [0.29, 0.717) is 40.3 Å². The van der Waals surface area contributed by atoms with E-state index in [1.165, 1.54) is 17.0 Å². The van der Waals surface area contributed by atoms with Gasteiger partial charge in [-0.15, -0.1) is 0 Å². The second kappa shape index (κ2) is 9.95. The Hall–Kier alpha value is -3.59. The third-order valence-electron chi connectivity index (χ3n) is 7.71. The third kappa shape index (κ3) is 4.28. The number of benzene rings is 3. The van der Waals surface area contributed by atoms with Gasteiger partial charge in [0.15, 0.2) is 0 Å². The van der Waals surface area contributed by atoms with Crippen LogP contribution in [0.2, 0.25) is 5.02 Å². The fraction of sp³-hybridized carbons (Fsp3) is 0.241. The minimum atomic E-state index is -1.30. The lowest BCUT2D eigenvalue weighted by Gasteiger charge is -2.42. The normalized spacial score (nSPS) is 24.9. The molecule has 2 N–H and O–H groups in total. The number of nitrogens with zero attached hydrogens (tertiary/aromatic N) is 1. The van der Waals surface area contributed by atoms with Gasteiger partial charge < -0.3 is 19.5 Å². The van der Waals surface area contributed by atoms with E-state index >= 15 is 0 Å². The Morgan fingerprint density at radius 2 is 1.68 bits per heavy atom. The molecule has 0 bridgehead atoms. The molecule has 9 heteroatoms. The summed E-state index contributed by atoms with van der Waals surface area (Å²) in [6.07, 6.45) is 0.00665. The molecular formula is C29H25BClNO6. The van der Waals surface area contributed by atoms with Crippen LogP contribution in [-0.4, -0.2) is 35.7 Å². The van der Waals surface area contributed by atoms with Crippen molar-refractivity contribution in [1.29, 1.82) is 0 Å². The highest BCUT2D eigenvalue weighted by molar-refractivity contribution is 6.53. The van der Waals surface area contributed by atoms with Crippen molar-refractivity contribution in [3.8, 4) is 11.5 Å². The largest absolute Gasteiger partial charge is 0.508 e. The van der Waals surface area contributed by atoms with Crippen LogP contribution < -0.4 is 9.64 Å². The van der Waals surface area contributed by atoms with Gasteiger partial charge in [-0.3, -0.25) is 14.5 Å². The smallest absolute Gasteiger partial charge is 0.487 e. The molecule has 3 aromatic carbocycles. The van der Waals surface area contributed by atoms with Gasteiger partial charge in [0.05, 0.1) is 23.6 Å². The Kier molecular flexibility index (Phi) is 6.47. The van der Waals surface area contributed by atoms with Crippen molar-refractivity contribution in [2.45, 2.75) is 18.9 Å². The van der Waals surface area contributed by atoms with Crippen LogP contribution >= 0.6 is 11.6 Å². The number of carbonyl (C=O) groups excluding carboxylic acids is 2. The molecule has 3 aromatic rings. The summed E-state index contributed by atoms with van der Waals surface area (Å²) in [5, 5.41) is 21.4. The van der Waals surface area contributed by atoms with Gasteiger partial charge in [0.1, 0.15) is 18.1 Å². The molecule has 1 aliphatic carbocycles. The first-order valence-electron chi connectivity index (χ1n) is 12.6. The standard InChI is InChI=1S/C29H25BClNO6/c31-24-14-19(33)11-12-21(24)25-15-22-26-23(28(34)32(29(26)35)18-7-3-1-4-8-18)13-17(27(22)30(36)38-25)16-37-20-9-5-2-6-10-20/h1-12,14,22-23,25-26,33,36H,13,15-16H2/t22-,23-,25-,26+/m0/s1. The average Bonchev–Trinajstić information content (AvgIpc) is 3.17. The van der Waals surface area contributed by atoms with Gasteiger partial charge in [-0.05, 0) is 71.8 Å². The van der Waals surface area contributed by atoms with E-state index < -0.39 is 31.0 Å². The van der Waals surface area contributed by atoms with E-state index in [1.54, 1.807) is 30.3 Å². The fourth-order valence-electron chi connectivity index (χ4n) is 6.04. The van der Waals surface area contributed by atoms with Gasteiger partial charge in [-0.25, -0.2) is 0 Å². The van der Waals surface area contributed by atoms with Crippen molar-refractivity contribution < 1.29 is 29.1 Å². The van der Waals surface area contributed by atoms with E-state index in [1.807, 2.05) is 36.4 Å². The Labute approximate surface area is 225 Å². The number of hydrogen-bond donors (Lipinski definition) is 2.